The highest BCUT2D eigenvalue weighted by Gasteiger charge is 2.21. The largest absolute Gasteiger partial charge is 0.493 e. The Morgan fingerprint density at radius 3 is 2.83 bits per heavy atom. The Labute approximate surface area is 168 Å². The smallest absolute Gasteiger partial charge is 0.342 e. The van der Waals surface area contributed by atoms with E-state index in [1.54, 1.807) is 24.3 Å². The Morgan fingerprint density at radius 2 is 2.03 bits per heavy atom. The number of ether oxygens (including phenoxy) is 4. The molecule has 150 valence electrons. The van der Waals surface area contributed by atoms with Crippen molar-refractivity contribution in [1.82, 2.24) is 5.16 Å². The first-order chi connectivity index (χ1) is 14.1. The fourth-order valence-electron chi connectivity index (χ4n) is 3.36. The zero-order valence-electron chi connectivity index (χ0n) is 16.4. The second kappa shape index (κ2) is 7.87. The first-order valence-electron chi connectivity index (χ1n) is 9.22. The average Bonchev–Trinajstić information content (AvgIpc) is 3.36. The van der Waals surface area contributed by atoms with E-state index in [9.17, 15) is 4.79 Å². The molecule has 1 atom stereocenters. The molecule has 0 spiro atoms. The molecule has 7 nitrogen and oxygen atoms in total. The summed E-state index contributed by atoms with van der Waals surface area (Å²) >= 11 is 0. The number of methoxy groups -OCH3 is 2. The predicted octanol–water partition coefficient (Wildman–Crippen LogP) is 4.04. The van der Waals surface area contributed by atoms with Crippen LogP contribution in [-0.2, 0) is 17.8 Å². The maximum absolute atomic E-state index is 12.5. The summed E-state index contributed by atoms with van der Waals surface area (Å²) in [7, 11) is 2.98. The van der Waals surface area contributed by atoms with Crippen molar-refractivity contribution in [2.24, 2.45) is 0 Å². The topological polar surface area (TPSA) is 80.0 Å². The Hall–Kier alpha value is -3.48. The molecule has 2 heterocycles. The number of carbonyl (C=O) groups is 1. The number of benzene rings is 2. The van der Waals surface area contributed by atoms with Crippen LogP contribution in [0, 0.1) is 0 Å². The maximum atomic E-state index is 12.5. The molecular weight excluding hydrogens is 374 g/mol. The lowest BCUT2D eigenvalue weighted by Gasteiger charge is -2.11. The molecule has 0 amide bonds. The standard InChI is InChI=1S/C22H21NO6/c1-13-9-15-10-14(7-8-18(15)28-13)20-11-16(23-29-20)12-27-22(24)17-5-4-6-19(25-2)21(17)26-3/h4-8,10-11,13H,9,12H2,1-3H3. The average molecular weight is 395 g/mol. The van der Waals surface area contributed by atoms with Crippen LogP contribution in [0.1, 0.15) is 28.5 Å². The van der Waals surface area contributed by atoms with E-state index in [0.717, 1.165) is 23.3 Å². The van der Waals surface area contributed by atoms with E-state index in [1.165, 1.54) is 14.2 Å². The van der Waals surface area contributed by atoms with Crippen LogP contribution in [0.25, 0.3) is 11.3 Å². The minimum Gasteiger partial charge on any atom is -0.493 e. The molecule has 0 saturated heterocycles. The van der Waals surface area contributed by atoms with Crippen molar-refractivity contribution < 1.29 is 28.3 Å². The molecule has 1 aliphatic heterocycles. The van der Waals surface area contributed by atoms with Crippen molar-refractivity contribution in [3.8, 4) is 28.6 Å². The van der Waals surface area contributed by atoms with Crippen LogP contribution in [0.5, 0.6) is 17.2 Å². The number of hydrogen-bond acceptors (Lipinski definition) is 7. The van der Waals surface area contributed by atoms with Gasteiger partial charge in [0, 0.05) is 18.1 Å². The number of rotatable bonds is 6. The summed E-state index contributed by atoms with van der Waals surface area (Å²) in [6, 6.07) is 12.7. The normalized spacial score (nSPS) is 14.8. The van der Waals surface area contributed by atoms with Crippen molar-refractivity contribution in [2.45, 2.75) is 26.1 Å². The van der Waals surface area contributed by atoms with Crippen molar-refractivity contribution in [1.29, 1.82) is 0 Å². The Kier molecular flexibility index (Phi) is 5.12. The molecule has 0 aliphatic carbocycles. The van der Waals surface area contributed by atoms with Crippen LogP contribution in [-0.4, -0.2) is 31.4 Å². The molecule has 1 unspecified atom stereocenters. The van der Waals surface area contributed by atoms with E-state index in [4.69, 9.17) is 23.5 Å². The number of carbonyl (C=O) groups excluding carboxylic acids is 1. The summed E-state index contributed by atoms with van der Waals surface area (Å²) in [5, 5.41) is 4.00. The fourth-order valence-corrected chi connectivity index (χ4v) is 3.36. The Morgan fingerprint density at radius 1 is 1.17 bits per heavy atom. The zero-order valence-corrected chi connectivity index (χ0v) is 16.4. The van der Waals surface area contributed by atoms with Gasteiger partial charge < -0.3 is 23.5 Å². The van der Waals surface area contributed by atoms with Gasteiger partial charge in [-0.3, -0.25) is 0 Å². The van der Waals surface area contributed by atoms with Gasteiger partial charge in [-0.2, -0.15) is 0 Å². The van der Waals surface area contributed by atoms with Gasteiger partial charge in [-0.05, 0) is 42.8 Å². The minimum absolute atomic E-state index is 0.0201. The van der Waals surface area contributed by atoms with Crippen LogP contribution >= 0.6 is 0 Å². The molecular formula is C22H21NO6. The summed E-state index contributed by atoms with van der Waals surface area (Å²) in [5.41, 5.74) is 2.84. The molecule has 4 rings (SSSR count). The summed E-state index contributed by atoms with van der Waals surface area (Å²) in [6.07, 6.45) is 1.04. The van der Waals surface area contributed by atoms with E-state index in [1.807, 2.05) is 25.1 Å². The van der Waals surface area contributed by atoms with E-state index < -0.39 is 5.97 Å². The van der Waals surface area contributed by atoms with Crippen LogP contribution in [0.15, 0.2) is 47.0 Å². The molecule has 0 fully saturated rings. The van der Waals surface area contributed by atoms with Crippen molar-refractivity contribution in [3.05, 3.63) is 59.3 Å². The third kappa shape index (κ3) is 3.76. The summed E-state index contributed by atoms with van der Waals surface area (Å²) < 4.78 is 27.0. The molecule has 0 radical (unpaired) electrons. The van der Waals surface area contributed by atoms with Crippen LogP contribution in [0.3, 0.4) is 0 Å². The Balaban J connectivity index is 1.45. The SMILES string of the molecule is COc1cccc(C(=O)OCc2cc(-c3ccc4c(c3)CC(C)O4)on2)c1OC. The van der Waals surface area contributed by atoms with Gasteiger partial charge in [-0.1, -0.05) is 11.2 Å². The lowest BCUT2D eigenvalue weighted by Crippen LogP contribution is -2.08. The summed E-state index contributed by atoms with van der Waals surface area (Å²) in [5.74, 6) is 1.77. The predicted molar refractivity (Wildman–Crippen MR) is 104 cm³/mol. The molecule has 1 aliphatic rings. The molecule has 3 aromatic rings. The monoisotopic (exact) mass is 395 g/mol. The van der Waals surface area contributed by atoms with E-state index >= 15 is 0 Å². The molecule has 2 aromatic carbocycles. The van der Waals surface area contributed by atoms with Crippen molar-refractivity contribution in [2.75, 3.05) is 14.2 Å². The maximum Gasteiger partial charge on any atom is 0.342 e. The van der Waals surface area contributed by atoms with Crippen molar-refractivity contribution >= 4 is 5.97 Å². The lowest BCUT2D eigenvalue weighted by molar-refractivity contribution is 0.0460. The molecule has 0 N–H and O–H groups in total. The Bertz CT molecular complexity index is 1040. The van der Waals surface area contributed by atoms with Gasteiger partial charge >= 0.3 is 5.97 Å². The van der Waals surface area contributed by atoms with Gasteiger partial charge in [0.2, 0.25) is 0 Å². The number of aromatic nitrogens is 1. The lowest BCUT2D eigenvalue weighted by atomic mass is 10.1. The quantitative estimate of drug-likeness (QED) is 0.583. The highest BCUT2D eigenvalue weighted by Crippen LogP contribution is 2.33. The van der Waals surface area contributed by atoms with E-state index in [-0.39, 0.29) is 18.3 Å². The van der Waals surface area contributed by atoms with Crippen LogP contribution in [0.4, 0.5) is 0 Å². The van der Waals surface area contributed by atoms with Gasteiger partial charge in [0.25, 0.3) is 0 Å². The van der Waals surface area contributed by atoms with Gasteiger partial charge in [0.15, 0.2) is 17.3 Å². The number of para-hydroxylation sites is 1. The highest BCUT2D eigenvalue weighted by molar-refractivity contribution is 5.93. The number of esters is 1. The second-order valence-corrected chi connectivity index (χ2v) is 6.75. The van der Waals surface area contributed by atoms with Gasteiger partial charge in [0.05, 0.1) is 14.2 Å². The van der Waals surface area contributed by atoms with Gasteiger partial charge in [-0.15, -0.1) is 0 Å². The molecule has 0 bridgehead atoms. The van der Waals surface area contributed by atoms with Gasteiger partial charge in [-0.25, -0.2) is 4.79 Å². The van der Waals surface area contributed by atoms with E-state index in [2.05, 4.69) is 5.16 Å². The first-order valence-corrected chi connectivity index (χ1v) is 9.22. The third-order valence-electron chi connectivity index (χ3n) is 4.71. The summed E-state index contributed by atoms with van der Waals surface area (Å²) in [4.78, 5) is 12.5. The fraction of sp³-hybridized carbons (Fsp3) is 0.273. The highest BCUT2D eigenvalue weighted by atomic mass is 16.5. The third-order valence-corrected chi connectivity index (χ3v) is 4.71. The summed E-state index contributed by atoms with van der Waals surface area (Å²) in [6.45, 7) is 2.02. The molecule has 29 heavy (non-hydrogen) atoms. The molecule has 7 heteroatoms. The molecule has 1 aromatic heterocycles. The number of nitrogens with zero attached hydrogens (tertiary/aromatic N) is 1. The first kappa shape index (κ1) is 18.9. The van der Waals surface area contributed by atoms with Gasteiger partial charge in [0.1, 0.15) is 29.7 Å². The number of hydrogen-bond donors (Lipinski definition) is 0. The van der Waals surface area contributed by atoms with Crippen LogP contribution < -0.4 is 14.2 Å². The van der Waals surface area contributed by atoms with Crippen LogP contribution in [0.2, 0.25) is 0 Å². The molecule has 0 saturated carbocycles. The number of fused-ring (bicyclic) bond motifs is 1. The second-order valence-electron chi connectivity index (χ2n) is 6.75. The van der Waals surface area contributed by atoms with E-state index in [0.29, 0.717) is 23.0 Å². The zero-order chi connectivity index (χ0) is 20.4. The van der Waals surface area contributed by atoms with Crippen molar-refractivity contribution in [3.63, 3.8) is 0 Å². The minimum atomic E-state index is -0.533.